The van der Waals surface area contributed by atoms with Crippen LogP contribution in [0.3, 0.4) is 0 Å². The zero-order chi connectivity index (χ0) is 25.9. The minimum absolute atomic E-state index is 0.148. The Balaban J connectivity index is 1.64. The van der Waals surface area contributed by atoms with Crippen LogP contribution in [0.1, 0.15) is 19.4 Å². The number of amides is 4. The van der Waals surface area contributed by atoms with E-state index in [1.807, 2.05) is 0 Å². The summed E-state index contributed by atoms with van der Waals surface area (Å²) in [5, 5.41) is 4.57. The van der Waals surface area contributed by atoms with Crippen LogP contribution in [0.25, 0.3) is 0 Å². The number of hydrogen-bond donors (Lipinski definition) is 2. The van der Waals surface area contributed by atoms with E-state index >= 15 is 0 Å². The van der Waals surface area contributed by atoms with Crippen molar-refractivity contribution in [3.8, 4) is 0 Å². The van der Waals surface area contributed by atoms with E-state index in [1.165, 1.54) is 30.7 Å². The molecular weight excluding hydrogens is 469 g/mol. The molecule has 2 atom stereocenters. The fourth-order valence-electron chi connectivity index (χ4n) is 3.54. The van der Waals surface area contributed by atoms with E-state index in [4.69, 9.17) is 4.74 Å². The minimum Gasteiger partial charge on any atom is -0.436 e. The lowest BCUT2D eigenvalue weighted by Gasteiger charge is -2.24. The Morgan fingerprint density at radius 2 is 1.80 bits per heavy atom. The molecule has 3 rings (SSSR count). The number of halogens is 3. The summed E-state index contributed by atoms with van der Waals surface area (Å²) < 4.78 is 45.2. The Hall–Kier alpha value is -4.09. The highest BCUT2D eigenvalue weighted by Crippen LogP contribution is 2.31. The number of rotatable bonds is 5. The van der Waals surface area contributed by atoms with Crippen LogP contribution in [0.2, 0.25) is 0 Å². The maximum absolute atomic E-state index is 13.7. The Bertz CT molecular complexity index is 1180. The van der Waals surface area contributed by atoms with Gasteiger partial charge in [0.05, 0.1) is 17.9 Å². The van der Waals surface area contributed by atoms with Gasteiger partial charge in [-0.25, -0.2) is 18.0 Å². The van der Waals surface area contributed by atoms with Gasteiger partial charge in [-0.3, -0.25) is 14.4 Å². The highest BCUT2D eigenvalue weighted by atomic mass is 19.2. The summed E-state index contributed by atoms with van der Waals surface area (Å²) in [6.45, 7) is 1.82. The summed E-state index contributed by atoms with van der Waals surface area (Å²) in [4.78, 5) is 52.5. The van der Waals surface area contributed by atoms with E-state index in [9.17, 15) is 32.3 Å². The van der Waals surface area contributed by atoms with Crippen LogP contribution in [0.5, 0.6) is 0 Å². The zero-order valence-electron chi connectivity index (χ0n) is 19.1. The lowest BCUT2D eigenvalue weighted by atomic mass is 10.2. The first-order valence-electron chi connectivity index (χ1n) is 10.5. The van der Waals surface area contributed by atoms with Crippen LogP contribution in [-0.4, -0.2) is 49.6 Å². The average molecular weight is 492 g/mol. The molecule has 2 aromatic rings. The van der Waals surface area contributed by atoms with Gasteiger partial charge in [0.25, 0.3) is 11.8 Å². The Morgan fingerprint density at radius 3 is 2.46 bits per heavy atom. The van der Waals surface area contributed by atoms with Gasteiger partial charge >= 0.3 is 6.09 Å². The summed E-state index contributed by atoms with van der Waals surface area (Å²) >= 11 is 0. The Kier molecular flexibility index (Phi) is 7.62. The van der Waals surface area contributed by atoms with Gasteiger partial charge in [-0.15, -0.1) is 0 Å². The third kappa shape index (κ3) is 5.70. The van der Waals surface area contributed by atoms with E-state index < -0.39 is 59.6 Å². The summed E-state index contributed by atoms with van der Waals surface area (Å²) in [6.07, 6.45) is -2.54. The molecule has 0 aliphatic carbocycles. The van der Waals surface area contributed by atoms with E-state index in [-0.39, 0.29) is 12.5 Å². The molecule has 35 heavy (non-hydrogen) atoms. The van der Waals surface area contributed by atoms with Crippen molar-refractivity contribution >= 4 is 35.2 Å². The monoisotopic (exact) mass is 492 g/mol. The Labute approximate surface area is 198 Å². The fourth-order valence-corrected chi connectivity index (χ4v) is 3.54. The van der Waals surface area contributed by atoms with Crippen molar-refractivity contribution < 1.29 is 37.1 Å². The average Bonchev–Trinajstić information content (AvgIpc) is 2.91. The van der Waals surface area contributed by atoms with Crippen molar-refractivity contribution in [3.63, 3.8) is 0 Å². The first-order chi connectivity index (χ1) is 16.5. The first kappa shape index (κ1) is 25.5. The smallest absolute Gasteiger partial charge is 0.408 e. The highest BCUT2D eigenvalue weighted by molar-refractivity contribution is 6.07. The quantitative estimate of drug-likeness (QED) is 0.623. The summed E-state index contributed by atoms with van der Waals surface area (Å²) in [5.41, 5.74) is 0.527. The van der Waals surface area contributed by atoms with Crippen molar-refractivity contribution in [2.75, 3.05) is 23.4 Å². The number of nitrogens with one attached hydrogen (secondary N) is 2. The molecule has 0 bridgehead atoms. The minimum atomic E-state index is -1.41. The molecule has 2 aromatic carbocycles. The summed E-state index contributed by atoms with van der Waals surface area (Å²) in [7, 11) is 1.51. The number of benzene rings is 2. The summed E-state index contributed by atoms with van der Waals surface area (Å²) in [6, 6.07) is 6.69. The molecular formula is C23H23F3N4O5. The van der Waals surface area contributed by atoms with Crippen molar-refractivity contribution in [2.24, 2.45) is 0 Å². The number of ether oxygens (including phenoxy) is 1. The number of alkyl carbamates (subject to hydrolysis) is 1. The largest absolute Gasteiger partial charge is 0.436 e. The molecule has 0 spiro atoms. The molecule has 9 nitrogen and oxygen atoms in total. The second kappa shape index (κ2) is 10.5. The van der Waals surface area contributed by atoms with Crippen LogP contribution < -0.4 is 20.4 Å². The molecule has 1 aliphatic heterocycles. The second-order valence-corrected chi connectivity index (χ2v) is 7.84. The first-order valence-corrected chi connectivity index (χ1v) is 10.5. The molecule has 0 aromatic heterocycles. The molecule has 0 saturated heterocycles. The zero-order valence-corrected chi connectivity index (χ0v) is 19.1. The van der Waals surface area contributed by atoms with Gasteiger partial charge < -0.3 is 25.2 Å². The number of para-hydroxylation sites is 2. The van der Waals surface area contributed by atoms with E-state index in [2.05, 4.69) is 10.6 Å². The number of anilines is 2. The van der Waals surface area contributed by atoms with Gasteiger partial charge in [-0.2, -0.15) is 0 Å². The molecule has 1 heterocycles. The van der Waals surface area contributed by atoms with Crippen molar-refractivity contribution in [1.82, 2.24) is 10.6 Å². The van der Waals surface area contributed by atoms with Crippen molar-refractivity contribution in [3.05, 3.63) is 59.4 Å². The Morgan fingerprint density at radius 1 is 1.14 bits per heavy atom. The van der Waals surface area contributed by atoms with E-state index in [0.717, 1.165) is 0 Å². The van der Waals surface area contributed by atoms with E-state index in [1.54, 1.807) is 24.3 Å². The predicted octanol–water partition coefficient (Wildman–Crippen LogP) is 2.23. The van der Waals surface area contributed by atoms with Crippen LogP contribution in [0.15, 0.2) is 36.4 Å². The number of carbonyl (C=O) groups excluding carboxylic acids is 4. The van der Waals surface area contributed by atoms with Gasteiger partial charge in [-0.05, 0) is 25.1 Å². The molecule has 0 unspecified atom stereocenters. The molecule has 0 fully saturated rings. The normalized spacial score (nSPS) is 16.2. The van der Waals surface area contributed by atoms with Gasteiger partial charge in [0.1, 0.15) is 11.9 Å². The lowest BCUT2D eigenvalue weighted by Crippen LogP contribution is -2.54. The van der Waals surface area contributed by atoms with Gasteiger partial charge in [0, 0.05) is 32.1 Å². The number of likely N-dealkylation sites (N-methyl/N-ethyl adjacent to an activating group) is 1. The fraction of sp³-hybridized carbons (Fsp3) is 0.304. The maximum atomic E-state index is 13.7. The molecule has 2 N–H and O–H groups in total. The van der Waals surface area contributed by atoms with Crippen LogP contribution in [0.4, 0.5) is 29.3 Å². The third-order valence-corrected chi connectivity index (χ3v) is 5.37. The SMILES string of the molecule is CC(=O)N1C[C@H](NC(=O)[C@H](C)OC(=O)NCc2cc(F)cc(F)c2F)C(=O)N(C)c2ccccc21. The van der Waals surface area contributed by atoms with Gasteiger partial charge in [-0.1, -0.05) is 12.1 Å². The van der Waals surface area contributed by atoms with Crippen LogP contribution >= 0.6 is 0 Å². The topological polar surface area (TPSA) is 108 Å². The predicted molar refractivity (Wildman–Crippen MR) is 119 cm³/mol. The van der Waals surface area contributed by atoms with E-state index in [0.29, 0.717) is 23.5 Å². The lowest BCUT2D eigenvalue weighted by molar-refractivity contribution is -0.132. The van der Waals surface area contributed by atoms with Crippen molar-refractivity contribution in [2.45, 2.75) is 32.5 Å². The van der Waals surface area contributed by atoms with Crippen molar-refractivity contribution in [1.29, 1.82) is 0 Å². The standard InChI is InChI=1S/C23H23F3N4O5/c1-12(35-23(34)27-10-14-8-15(24)9-16(25)20(14)26)21(32)28-17-11-30(13(2)31)19-7-5-4-6-18(19)29(3)22(17)33/h4-9,12,17H,10-11H2,1-3H3,(H,27,34)(H,28,32)/t12-,17-/m0/s1. The number of hydrogen-bond acceptors (Lipinski definition) is 5. The number of fused-ring (bicyclic) bond motifs is 1. The number of carbonyl (C=O) groups is 4. The third-order valence-electron chi connectivity index (χ3n) is 5.37. The maximum Gasteiger partial charge on any atom is 0.408 e. The highest BCUT2D eigenvalue weighted by Gasteiger charge is 2.35. The summed E-state index contributed by atoms with van der Waals surface area (Å²) in [5.74, 6) is -5.43. The van der Waals surface area contributed by atoms with Crippen LogP contribution in [-0.2, 0) is 25.7 Å². The van der Waals surface area contributed by atoms with Gasteiger partial charge in [0.2, 0.25) is 5.91 Å². The number of nitrogens with zero attached hydrogens (tertiary/aromatic N) is 2. The molecule has 1 aliphatic rings. The molecule has 12 heteroatoms. The van der Waals surface area contributed by atoms with Gasteiger partial charge in [0.15, 0.2) is 17.7 Å². The van der Waals surface area contributed by atoms with Crippen LogP contribution in [0, 0.1) is 17.5 Å². The molecule has 0 radical (unpaired) electrons. The molecule has 0 saturated carbocycles. The molecule has 4 amide bonds. The molecule has 186 valence electrons. The second-order valence-electron chi connectivity index (χ2n) is 7.84.